The third kappa shape index (κ3) is 2.72. The van der Waals surface area contributed by atoms with Crippen molar-refractivity contribution in [2.24, 2.45) is 5.73 Å². The molecule has 1 saturated carbocycles. The number of hydrogen-bond donors (Lipinski definition) is 2. The first-order valence-corrected chi connectivity index (χ1v) is 6.23. The van der Waals surface area contributed by atoms with Crippen molar-refractivity contribution in [1.82, 2.24) is 5.32 Å². The second-order valence-corrected chi connectivity index (χ2v) is 4.98. The maximum absolute atomic E-state index is 11.8. The summed E-state index contributed by atoms with van der Waals surface area (Å²) in [6, 6.07) is 14.3. The van der Waals surface area contributed by atoms with Crippen molar-refractivity contribution >= 4 is 29.1 Å². The Morgan fingerprint density at radius 2 is 1.84 bits per heavy atom. The van der Waals surface area contributed by atoms with Crippen molar-refractivity contribution in [3.63, 3.8) is 0 Å². The summed E-state index contributed by atoms with van der Waals surface area (Å²) in [6.45, 7) is 0.541. The molecule has 0 aromatic heterocycles. The number of halogens is 1. The van der Waals surface area contributed by atoms with Crippen molar-refractivity contribution in [3.05, 3.63) is 48.0 Å². The summed E-state index contributed by atoms with van der Waals surface area (Å²) in [4.78, 5) is 11.8. The van der Waals surface area contributed by atoms with Gasteiger partial charge in [0.15, 0.2) is 0 Å². The Bertz CT molecular complexity index is 603. The number of nitrogens with one attached hydrogen (secondary N) is 1. The highest BCUT2D eigenvalue weighted by molar-refractivity contribution is 5.90. The molecule has 3 N–H and O–H groups in total. The van der Waals surface area contributed by atoms with Crippen LogP contribution in [-0.4, -0.2) is 11.4 Å². The van der Waals surface area contributed by atoms with E-state index in [-0.39, 0.29) is 18.3 Å². The second-order valence-electron chi connectivity index (χ2n) is 4.98. The third-order valence-electron chi connectivity index (χ3n) is 3.56. The van der Waals surface area contributed by atoms with E-state index >= 15 is 0 Å². The molecule has 2 aromatic rings. The van der Waals surface area contributed by atoms with Gasteiger partial charge >= 0.3 is 0 Å². The summed E-state index contributed by atoms with van der Waals surface area (Å²) in [5.41, 5.74) is 6.39. The minimum Gasteiger partial charge on any atom is -0.350 e. The van der Waals surface area contributed by atoms with Crippen molar-refractivity contribution in [3.8, 4) is 0 Å². The zero-order chi connectivity index (χ0) is 12.6. The summed E-state index contributed by atoms with van der Waals surface area (Å²) in [7, 11) is 0. The van der Waals surface area contributed by atoms with Crippen LogP contribution in [0.25, 0.3) is 10.8 Å². The smallest absolute Gasteiger partial charge is 0.240 e. The van der Waals surface area contributed by atoms with E-state index in [1.165, 1.54) is 10.8 Å². The molecule has 0 spiro atoms. The molecule has 19 heavy (non-hydrogen) atoms. The maximum Gasteiger partial charge on any atom is 0.240 e. The van der Waals surface area contributed by atoms with Gasteiger partial charge < -0.3 is 11.1 Å². The van der Waals surface area contributed by atoms with Crippen molar-refractivity contribution in [2.45, 2.75) is 24.9 Å². The quantitative estimate of drug-likeness (QED) is 0.904. The lowest BCUT2D eigenvalue weighted by molar-refractivity contribution is -0.123. The molecular formula is C15H17ClN2O. The van der Waals surface area contributed by atoms with Crippen molar-refractivity contribution in [1.29, 1.82) is 0 Å². The zero-order valence-electron chi connectivity index (χ0n) is 10.6. The molecule has 3 nitrogen and oxygen atoms in total. The first-order chi connectivity index (χ1) is 8.69. The van der Waals surface area contributed by atoms with E-state index in [0.717, 1.165) is 18.4 Å². The number of benzene rings is 2. The minimum atomic E-state index is -0.593. The SMILES string of the molecule is Cl.NC1(C(=O)NCc2cccc3ccccc23)CC1. The van der Waals surface area contributed by atoms with Gasteiger partial charge in [-0.25, -0.2) is 0 Å². The lowest BCUT2D eigenvalue weighted by Gasteiger charge is -2.11. The molecule has 1 aliphatic rings. The Labute approximate surface area is 118 Å². The molecule has 0 heterocycles. The minimum absolute atomic E-state index is 0. The van der Waals surface area contributed by atoms with E-state index in [0.29, 0.717) is 6.54 Å². The molecule has 4 heteroatoms. The molecule has 0 radical (unpaired) electrons. The molecule has 1 aliphatic carbocycles. The topological polar surface area (TPSA) is 55.1 Å². The summed E-state index contributed by atoms with van der Waals surface area (Å²) in [6.07, 6.45) is 1.60. The van der Waals surface area contributed by atoms with Crippen LogP contribution < -0.4 is 11.1 Å². The highest BCUT2D eigenvalue weighted by Gasteiger charge is 2.45. The number of amides is 1. The van der Waals surface area contributed by atoms with Gasteiger partial charge in [0.2, 0.25) is 5.91 Å². The Kier molecular flexibility index (Phi) is 3.78. The molecule has 100 valence electrons. The third-order valence-corrected chi connectivity index (χ3v) is 3.56. The van der Waals surface area contributed by atoms with Gasteiger partial charge in [-0.1, -0.05) is 42.5 Å². The van der Waals surface area contributed by atoms with E-state index in [1.807, 2.05) is 24.3 Å². The number of carbonyl (C=O) groups is 1. The molecule has 0 saturated heterocycles. The predicted molar refractivity (Wildman–Crippen MR) is 79.2 cm³/mol. The number of hydrogen-bond acceptors (Lipinski definition) is 2. The van der Waals surface area contributed by atoms with E-state index in [4.69, 9.17) is 5.73 Å². The fourth-order valence-corrected chi connectivity index (χ4v) is 2.16. The first-order valence-electron chi connectivity index (χ1n) is 6.23. The average molecular weight is 277 g/mol. The normalized spacial score (nSPS) is 15.6. The van der Waals surface area contributed by atoms with Crippen LogP contribution in [0.4, 0.5) is 0 Å². The number of fused-ring (bicyclic) bond motifs is 1. The Balaban J connectivity index is 0.00000133. The van der Waals surface area contributed by atoms with Crippen LogP contribution in [0.5, 0.6) is 0 Å². The number of nitrogens with two attached hydrogens (primary N) is 1. The largest absolute Gasteiger partial charge is 0.350 e. The lowest BCUT2D eigenvalue weighted by atomic mass is 10.0. The summed E-state index contributed by atoms with van der Waals surface area (Å²) >= 11 is 0. The van der Waals surface area contributed by atoms with Crippen LogP contribution >= 0.6 is 12.4 Å². The van der Waals surface area contributed by atoms with Crippen LogP contribution in [0.2, 0.25) is 0 Å². The molecular weight excluding hydrogens is 260 g/mol. The molecule has 0 aliphatic heterocycles. The van der Waals surface area contributed by atoms with Crippen LogP contribution in [0.1, 0.15) is 18.4 Å². The van der Waals surface area contributed by atoms with Crippen LogP contribution in [0.15, 0.2) is 42.5 Å². The van der Waals surface area contributed by atoms with Gasteiger partial charge in [0.05, 0.1) is 5.54 Å². The second kappa shape index (κ2) is 5.19. The maximum atomic E-state index is 11.8. The Morgan fingerprint density at radius 1 is 1.16 bits per heavy atom. The van der Waals surface area contributed by atoms with Gasteiger partial charge in [-0.2, -0.15) is 0 Å². The average Bonchev–Trinajstić information content (AvgIpc) is 3.15. The van der Waals surface area contributed by atoms with Crippen molar-refractivity contribution < 1.29 is 4.79 Å². The van der Waals surface area contributed by atoms with Gasteiger partial charge in [-0.3, -0.25) is 4.79 Å². The molecule has 0 atom stereocenters. The first kappa shape index (κ1) is 13.8. The van der Waals surface area contributed by atoms with E-state index in [2.05, 4.69) is 23.5 Å². The van der Waals surface area contributed by atoms with Gasteiger partial charge in [-0.15, -0.1) is 12.4 Å². The molecule has 0 unspecified atom stereocenters. The fourth-order valence-electron chi connectivity index (χ4n) is 2.16. The van der Waals surface area contributed by atoms with E-state index in [1.54, 1.807) is 0 Å². The zero-order valence-corrected chi connectivity index (χ0v) is 11.4. The molecule has 1 amide bonds. The number of rotatable bonds is 3. The van der Waals surface area contributed by atoms with E-state index < -0.39 is 5.54 Å². The Morgan fingerprint density at radius 3 is 2.58 bits per heavy atom. The predicted octanol–water partition coefficient (Wildman–Crippen LogP) is 2.37. The van der Waals surface area contributed by atoms with Crippen molar-refractivity contribution in [2.75, 3.05) is 0 Å². The molecule has 3 rings (SSSR count). The summed E-state index contributed by atoms with van der Waals surface area (Å²) in [5.74, 6) is -0.0320. The van der Waals surface area contributed by atoms with Gasteiger partial charge in [0.1, 0.15) is 0 Å². The van der Waals surface area contributed by atoms with Crippen LogP contribution in [0, 0.1) is 0 Å². The molecule has 2 aromatic carbocycles. The van der Waals surface area contributed by atoms with E-state index in [9.17, 15) is 4.79 Å². The lowest BCUT2D eigenvalue weighted by Crippen LogP contribution is -2.42. The van der Waals surface area contributed by atoms with Gasteiger partial charge in [-0.05, 0) is 29.2 Å². The highest BCUT2D eigenvalue weighted by Crippen LogP contribution is 2.32. The molecule has 1 fully saturated rings. The van der Waals surface area contributed by atoms with Gasteiger partial charge in [0, 0.05) is 6.54 Å². The summed E-state index contributed by atoms with van der Waals surface area (Å²) < 4.78 is 0. The van der Waals surface area contributed by atoms with Gasteiger partial charge in [0.25, 0.3) is 0 Å². The highest BCUT2D eigenvalue weighted by atomic mass is 35.5. The monoisotopic (exact) mass is 276 g/mol. The molecule has 0 bridgehead atoms. The van der Waals surface area contributed by atoms with Crippen LogP contribution in [-0.2, 0) is 11.3 Å². The number of carbonyl (C=O) groups excluding carboxylic acids is 1. The summed E-state index contributed by atoms with van der Waals surface area (Å²) in [5, 5.41) is 5.30. The fraction of sp³-hybridized carbons (Fsp3) is 0.267. The standard InChI is InChI=1S/C15H16N2O.ClH/c16-15(8-9-15)14(18)17-10-12-6-3-5-11-4-1-2-7-13(11)12;/h1-7H,8-10,16H2,(H,17,18);1H. The Hall–Kier alpha value is -1.58. The van der Waals surface area contributed by atoms with Crippen LogP contribution in [0.3, 0.4) is 0 Å².